The van der Waals surface area contributed by atoms with Crippen LogP contribution in [-0.4, -0.2) is 291 Å². The molecule has 0 spiro atoms. The highest BCUT2D eigenvalue weighted by Crippen LogP contribution is 2.20. The lowest BCUT2D eigenvalue weighted by Gasteiger charge is -2.32. The number of carbonyl (C=O) groups excluding carboxylic acids is 12. The second-order valence-corrected chi connectivity index (χ2v) is 27.7. The topological polar surface area (TPSA) is 547 Å². The molecule has 0 unspecified atom stereocenters. The van der Waals surface area contributed by atoms with E-state index in [2.05, 4.69) is 68.1 Å². The van der Waals surface area contributed by atoms with E-state index in [1.165, 1.54) is 55.5 Å². The molecular formula is C69H101N19O18S. The Morgan fingerprint density at radius 2 is 1.08 bits per heavy atom. The van der Waals surface area contributed by atoms with Crippen molar-refractivity contribution in [2.24, 2.45) is 23.3 Å². The van der Waals surface area contributed by atoms with Gasteiger partial charge in [-0.3, -0.25) is 91.5 Å². The fourth-order valence-electron chi connectivity index (χ4n) is 11.3. The number of anilines is 1. The third kappa shape index (κ3) is 31.6. The van der Waals surface area contributed by atoms with Crippen LogP contribution in [0.3, 0.4) is 0 Å². The minimum atomic E-state index is -1.48. The number of hydrogen-bond acceptors (Lipinski definition) is 22. The number of rotatable bonds is 43. The highest BCUT2D eigenvalue weighted by molar-refractivity contribution is 7.98. The number of imidazole rings is 1. The summed E-state index contributed by atoms with van der Waals surface area (Å²) in [4.78, 5) is 214. The summed E-state index contributed by atoms with van der Waals surface area (Å²) < 4.78 is 0. The maximum atomic E-state index is 14.5. The van der Waals surface area contributed by atoms with Gasteiger partial charge in [-0.25, -0.2) is 4.98 Å². The van der Waals surface area contributed by atoms with Gasteiger partial charge in [0.05, 0.1) is 57.8 Å². The Hall–Kier alpha value is -10.6. The molecule has 1 saturated heterocycles. The zero-order valence-corrected chi connectivity index (χ0v) is 61.7. The summed E-state index contributed by atoms with van der Waals surface area (Å²) in [5.74, 6) is -12.6. The number of aromatic nitrogens is 3. The van der Waals surface area contributed by atoms with Crippen LogP contribution in [0.15, 0.2) is 67.3 Å². The molecule has 3 heterocycles. The highest BCUT2D eigenvalue weighted by Gasteiger charge is 2.35. The number of thioether (sulfide) groups is 1. The van der Waals surface area contributed by atoms with Gasteiger partial charge >= 0.3 is 17.9 Å². The van der Waals surface area contributed by atoms with Gasteiger partial charge in [-0.05, 0) is 85.9 Å². The van der Waals surface area contributed by atoms with Crippen molar-refractivity contribution in [2.75, 3.05) is 115 Å². The van der Waals surface area contributed by atoms with Gasteiger partial charge < -0.3 is 89.9 Å². The number of amides is 11. The van der Waals surface area contributed by atoms with Crippen LogP contribution in [0, 0.1) is 11.8 Å². The van der Waals surface area contributed by atoms with E-state index in [9.17, 15) is 87.2 Å². The number of nitrogens with zero attached hydrogens (tertiary/aromatic N) is 5. The molecule has 107 heavy (non-hydrogen) atoms. The van der Waals surface area contributed by atoms with Crippen LogP contribution in [0.2, 0.25) is 0 Å². The number of carboxylic acid groups (broad SMARTS) is 3. The predicted octanol–water partition coefficient (Wildman–Crippen LogP) is -3.70. The molecule has 0 bridgehead atoms. The van der Waals surface area contributed by atoms with Gasteiger partial charge in [0.1, 0.15) is 42.3 Å². The Morgan fingerprint density at radius 1 is 0.542 bits per heavy atom. The van der Waals surface area contributed by atoms with Crippen LogP contribution in [0.25, 0.3) is 10.9 Å². The minimum absolute atomic E-state index is 0.0271. The maximum absolute atomic E-state index is 14.5. The van der Waals surface area contributed by atoms with Gasteiger partial charge in [0.25, 0.3) is 5.91 Å². The van der Waals surface area contributed by atoms with Gasteiger partial charge in [0.2, 0.25) is 59.1 Å². The second kappa shape index (κ2) is 44.4. The van der Waals surface area contributed by atoms with Crippen molar-refractivity contribution in [3.63, 3.8) is 0 Å². The number of fused-ring (bicyclic) bond motifs is 1. The minimum Gasteiger partial charge on any atom is -0.480 e. The summed E-state index contributed by atoms with van der Waals surface area (Å²) in [6, 6.07) is 3.73. The first-order chi connectivity index (χ1) is 50.8. The Labute approximate surface area is 622 Å². The van der Waals surface area contributed by atoms with E-state index in [0.717, 1.165) is 0 Å². The molecule has 5 rings (SSSR count). The van der Waals surface area contributed by atoms with Crippen molar-refractivity contribution < 1.29 is 87.2 Å². The highest BCUT2D eigenvalue weighted by atomic mass is 32.2. The molecule has 586 valence electrons. The Morgan fingerprint density at radius 3 is 1.63 bits per heavy atom. The lowest BCUT2D eigenvalue weighted by Crippen LogP contribution is -2.59. The quantitative estimate of drug-likeness (QED) is 0.0203. The molecule has 2 aromatic heterocycles. The van der Waals surface area contributed by atoms with Gasteiger partial charge in [0.15, 0.2) is 5.78 Å². The number of benzene rings is 2. The van der Waals surface area contributed by atoms with E-state index in [4.69, 9.17) is 11.5 Å². The smallest absolute Gasteiger partial charge is 0.317 e. The Kier molecular flexibility index (Phi) is 36.1. The number of ketones is 1. The lowest BCUT2D eigenvalue weighted by molar-refractivity contribution is -0.140. The summed E-state index contributed by atoms with van der Waals surface area (Å²) in [7, 11) is 0. The molecule has 2 aromatic carbocycles. The number of carbonyl (C=O) groups is 15. The zero-order chi connectivity index (χ0) is 78.9. The standard InChI is InChI=1S/C69H101N19O18S/c1-40(2)27-52(67(104)80-50(62(71)99)17-26-107-6)82-68(105)54(29-46-31-72-39-77-46)79-56(91)34-76-69(106)61(41(3)4)84-63(100)42(5)78-66(103)53(28-44-30-74-49-10-8-7-9-48(44)49)83-65(102)51(15-16-55(70)90)81-64(101)43-11-13-45(14-12-43)73-32-47(89)33-75-57(92)35-85-18-20-86(36-58(93)94)22-24-88(38-60(97)98)25-23-87(21-19-85)37-59(95)96/h7-14,30-31,39-42,50-54,61,73-74H,15-29,32-38H2,1-6H3,(H2,70,90)(H2,71,99)(H,72,77)(H,75,92)(H,76,106)(H,78,103)(H,79,91)(H,80,104)(H,81,101)(H,82,105)(H,83,102)(H,84,100)(H,93,94)(H,95,96)(H,97,98)/t42-,50-,51-,52-,53-,54-,61-/m0/s1. The van der Waals surface area contributed by atoms with Crippen LogP contribution in [0.1, 0.15) is 81.9 Å². The summed E-state index contributed by atoms with van der Waals surface area (Å²) in [5.41, 5.74) is 13.1. The number of aromatic amines is 2. The number of para-hydroxylation sites is 1. The molecule has 19 N–H and O–H groups in total. The molecule has 0 saturated carbocycles. The SMILES string of the molecule is CSCC[C@H](NC(=O)[C@H](CC(C)C)NC(=O)[C@H](Cc1c[nH]cn1)NC(=O)CNC(=O)[C@@H](NC(=O)[C@H](C)NC(=O)[C@H](Cc1c[nH]c2ccccc12)NC(=O)[C@H](CCC(N)=O)NC(=O)c1ccc(NCC(=O)CNC(=O)CN2CCN(CC(=O)O)CCN(CC(=O)O)CCN(CC(=O)O)CC2)cc1)C(C)C)C(N)=O. The molecule has 1 aliphatic rings. The zero-order valence-electron chi connectivity index (χ0n) is 60.9. The van der Waals surface area contributed by atoms with Gasteiger partial charge in [-0.2, -0.15) is 11.8 Å². The molecule has 7 atom stereocenters. The van der Waals surface area contributed by atoms with Crippen LogP contribution in [0.4, 0.5) is 5.69 Å². The van der Waals surface area contributed by atoms with Crippen molar-refractivity contribution in [3.05, 3.63) is 84.1 Å². The van der Waals surface area contributed by atoms with Crippen molar-refractivity contribution in [1.82, 2.24) is 82.4 Å². The fourth-order valence-corrected chi connectivity index (χ4v) is 11.8. The molecule has 11 amide bonds. The van der Waals surface area contributed by atoms with E-state index in [-0.39, 0.29) is 135 Å². The van der Waals surface area contributed by atoms with Gasteiger partial charge in [0, 0.05) is 106 Å². The summed E-state index contributed by atoms with van der Waals surface area (Å²) in [5, 5.41) is 55.6. The second-order valence-electron chi connectivity index (χ2n) is 26.7. The van der Waals surface area contributed by atoms with Crippen molar-refractivity contribution in [1.29, 1.82) is 0 Å². The first kappa shape index (κ1) is 87.1. The molecule has 0 radical (unpaired) electrons. The number of Topliss-reactive ketones (excluding diaryl/α,β-unsaturated/α-hetero) is 1. The van der Waals surface area contributed by atoms with Crippen molar-refractivity contribution in [3.8, 4) is 0 Å². The number of primary amides is 2. The molecule has 38 heteroatoms. The Balaban J connectivity index is 1.20. The molecule has 37 nitrogen and oxygen atoms in total. The van der Waals surface area contributed by atoms with E-state index in [1.54, 1.807) is 63.9 Å². The van der Waals surface area contributed by atoms with E-state index in [1.807, 2.05) is 20.1 Å². The summed E-state index contributed by atoms with van der Waals surface area (Å²) >= 11 is 1.45. The summed E-state index contributed by atoms with van der Waals surface area (Å²) in [6.45, 7) is 7.08. The van der Waals surface area contributed by atoms with E-state index < -0.39 is 150 Å². The third-order valence-corrected chi connectivity index (χ3v) is 17.8. The number of nitrogens with two attached hydrogens (primary N) is 2. The van der Waals surface area contributed by atoms with Gasteiger partial charge in [-0.15, -0.1) is 0 Å². The number of carboxylic acids is 3. The number of nitrogens with one attached hydrogen (secondary N) is 12. The molecule has 1 aliphatic heterocycles. The largest absolute Gasteiger partial charge is 0.480 e. The molecular weight excluding hydrogens is 1410 g/mol. The molecule has 1 fully saturated rings. The number of H-pyrrole nitrogens is 2. The molecule has 4 aromatic rings. The first-order valence-electron chi connectivity index (χ1n) is 34.9. The monoisotopic (exact) mass is 1520 g/mol. The van der Waals surface area contributed by atoms with E-state index >= 15 is 0 Å². The van der Waals surface area contributed by atoms with Gasteiger partial charge in [-0.1, -0.05) is 45.9 Å². The number of aliphatic carboxylic acids is 3. The molecule has 0 aliphatic carbocycles. The predicted molar refractivity (Wildman–Crippen MR) is 392 cm³/mol. The average Bonchev–Trinajstić information content (AvgIpc) is 1.19. The van der Waals surface area contributed by atoms with Crippen LogP contribution >= 0.6 is 11.8 Å². The Bertz CT molecular complexity index is 3680. The normalized spacial score (nSPS) is 15.4. The van der Waals surface area contributed by atoms with E-state index in [0.29, 0.717) is 33.6 Å². The third-order valence-electron chi connectivity index (χ3n) is 17.2. The average molecular weight is 1520 g/mol. The maximum Gasteiger partial charge on any atom is 0.317 e. The first-order valence-corrected chi connectivity index (χ1v) is 36.3. The number of hydrogen-bond donors (Lipinski definition) is 17. The van der Waals surface area contributed by atoms with Crippen molar-refractivity contribution >= 4 is 117 Å². The van der Waals surface area contributed by atoms with Crippen LogP contribution in [-0.2, 0) is 80.0 Å². The van der Waals surface area contributed by atoms with Crippen LogP contribution < -0.4 is 64.6 Å². The summed E-state index contributed by atoms with van der Waals surface area (Å²) in [6.07, 6.45) is 5.71. The van der Waals surface area contributed by atoms with Crippen molar-refractivity contribution in [2.45, 2.75) is 115 Å². The lowest BCUT2D eigenvalue weighted by atomic mass is 10.0. The fraction of sp³-hybridized carbons (Fsp3) is 0.536. The van der Waals surface area contributed by atoms with Crippen LogP contribution in [0.5, 0.6) is 0 Å².